The molecule has 1 aliphatic carbocycles. The second-order valence-electron chi connectivity index (χ2n) is 4.45. The van der Waals surface area contributed by atoms with Crippen LogP contribution in [0.25, 0.3) is 0 Å². The SMILES string of the molecule is Cc1cccc(OCCC(N)C2CC2)c1. The van der Waals surface area contributed by atoms with Crippen molar-refractivity contribution in [3.63, 3.8) is 0 Å². The van der Waals surface area contributed by atoms with Crippen molar-refractivity contribution in [2.75, 3.05) is 6.61 Å². The lowest BCUT2D eigenvalue weighted by molar-refractivity contribution is 0.291. The zero-order chi connectivity index (χ0) is 10.7. The smallest absolute Gasteiger partial charge is 0.119 e. The minimum atomic E-state index is 0.342. The molecule has 2 heteroatoms. The summed E-state index contributed by atoms with van der Waals surface area (Å²) >= 11 is 0. The Hall–Kier alpha value is -1.02. The lowest BCUT2D eigenvalue weighted by Crippen LogP contribution is -2.24. The van der Waals surface area contributed by atoms with Gasteiger partial charge in [0.05, 0.1) is 6.61 Å². The Morgan fingerprint density at radius 2 is 2.27 bits per heavy atom. The van der Waals surface area contributed by atoms with Gasteiger partial charge in [-0.2, -0.15) is 0 Å². The van der Waals surface area contributed by atoms with Gasteiger partial charge in [0.2, 0.25) is 0 Å². The van der Waals surface area contributed by atoms with Gasteiger partial charge in [0.15, 0.2) is 0 Å². The van der Waals surface area contributed by atoms with E-state index in [4.69, 9.17) is 10.5 Å². The van der Waals surface area contributed by atoms with Crippen molar-refractivity contribution in [3.8, 4) is 5.75 Å². The van der Waals surface area contributed by atoms with Crippen molar-refractivity contribution in [2.24, 2.45) is 11.7 Å². The maximum absolute atomic E-state index is 5.99. The molecule has 1 saturated carbocycles. The van der Waals surface area contributed by atoms with Crippen LogP contribution in [-0.4, -0.2) is 12.6 Å². The van der Waals surface area contributed by atoms with Crippen molar-refractivity contribution in [3.05, 3.63) is 29.8 Å². The molecule has 2 rings (SSSR count). The molecule has 0 radical (unpaired) electrons. The molecule has 82 valence electrons. The summed E-state index contributed by atoms with van der Waals surface area (Å²) in [5.74, 6) is 1.73. The van der Waals surface area contributed by atoms with Crippen molar-refractivity contribution in [2.45, 2.75) is 32.2 Å². The first-order chi connectivity index (χ1) is 7.25. The highest BCUT2D eigenvalue weighted by molar-refractivity contribution is 5.27. The molecule has 0 saturated heterocycles. The molecule has 0 heterocycles. The average Bonchev–Trinajstić information content (AvgIpc) is 3.00. The fourth-order valence-corrected chi connectivity index (χ4v) is 1.78. The van der Waals surface area contributed by atoms with E-state index in [0.717, 1.165) is 24.7 Å². The molecule has 1 aliphatic rings. The van der Waals surface area contributed by atoms with Gasteiger partial charge in [-0.15, -0.1) is 0 Å². The van der Waals surface area contributed by atoms with Crippen LogP contribution in [0, 0.1) is 12.8 Å². The quantitative estimate of drug-likeness (QED) is 0.801. The van der Waals surface area contributed by atoms with E-state index in [2.05, 4.69) is 19.1 Å². The summed E-state index contributed by atoms with van der Waals surface area (Å²) in [7, 11) is 0. The molecule has 15 heavy (non-hydrogen) atoms. The first-order valence-electron chi connectivity index (χ1n) is 5.71. The minimum Gasteiger partial charge on any atom is -0.494 e. The summed E-state index contributed by atoms with van der Waals surface area (Å²) in [6.07, 6.45) is 3.59. The Kier molecular flexibility index (Phi) is 3.27. The molecule has 2 nitrogen and oxygen atoms in total. The van der Waals surface area contributed by atoms with Gasteiger partial charge in [0, 0.05) is 6.04 Å². The summed E-state index contributed by atoms with van der Waals surface area (Å²) in [4.78, 5) is 0. The zero-order valence-electron chi connectivity index (χ0n) is 9.28. The topological polar surface area (TPSA) is 35.2 Å². The number of benzene rings is 1. The highest BCUT2D eigenvalue weighted by Crippen LogP contribution is 2.32. The maximum atomic E-state index is 5.99. The van der Waals surface area contributed by atoms with Gasteiger partial charge in [-0.25, -0.2) is 0 Å². The maximum Gasteiger partial charge on any atom is 0.119 e. The van der Waals surface area contributed by atoms with Crippen LogP contribution >= 0.6 is 0 Å². The Balaban J connectivity index is 1.73. The van der Waals surface area contributed by atoms with Gasteiger partial charge in [-0.3, -0.25) is 0 Å². The lowest BCUT2D eigenvalue weighted by atomic mass is 10.1. The van der Waals surface area contributed by atoms with Crippen LogP contribution in [-0.2, 0) is 0 Å². The molecule has 1 aromatic rings. The molecule has 2 N–H and O–H groups in total. The highest BCUT2D eigenvalue weighted by Gasteiger charge is 2.27. The Morgan fingerprint density at radius 1 is 1.47 bits per heavy atom. The lowest BCUT2D eigenvalue weighted by Gasteiger charge is -2.11. The second kappa shape index (κ2) is 4.67. The van der Waals surface area contributed by atoms with Crippen LogP contribution in [0.4, 0.5) is 0 Å². The standard InChI is InChI=1S/C13H19NO/c1-10-3-2-4-12(9-10)15-8-7-13(14)11-5-6-11/h2-4,9,11,13H,5-8,14H2,1H3. The number of ether oxygens (including phenoxy) is 1. The molecule has 1 atom stereocenters. The molecule has 0 spiro atoms. The third kappa shape index (κ3) is 3.24. The molecule has 1 fully saturated rings. The summed E-state index contributed by atoms with van der Waals surface area (Å²) in [6.45, 7) is 2.81. The highest BCUT2D eigenvalue weighted by atomic mass is 16.5. The van der Waals surface area contributed by atoms with Crippen LogP contribution in [0.1, 0.15) is 24.8 Å². The fourth-order valence-electron chi connectivity index (χ4n) is 1.78. The number of nitrogens with two attached hydrogens (primary N) is 1. The van der Waals surface area contributed by atoms with Crippen molar-refractivity contribution in [1.29, 1.82) is 0 Å². The van der Waals surface area contributed by atoms with Gasteiger partial charge in [-0.05, 0) is 49.8 Å². The first kappa shape index (κ1) is 10.5. The average molecular weight is 205 g/mol. The second-order valence-corrected chi connectivity index (χ2v) is 4.45. The zero-order valence-corrected chi connectivity index (χ0v) is 9.28. The van der Waals surface area contributed by atoms with E-state index < -0.39 is 0 Å². The Labute approximate surface area is 91.4 Å². The predicted octanol–water partition coefficient (Wildman–Crippen LogP) is 2.50. The normalized spacial score (nSPS) is 17.5. The number of rotatable bonds is 5. The third-order valence-electron chi connectivity index (χ3n) is 2.94. The first-order valence-corrected chi connectivity index (χ1v) is 5.71. The Bertz CT molecular complexity index is 320. The molecular weight excluding hydrogens is 186 g/mol. The Morgan fingerprint density at radius 3 is 2.93 bits per heavy atom. The van der Waals surface area contributed by atoms with E-state index in [-0.39, 0.29) is 0 Å². The van der Waals surface area contributed by atoms with Gasteiger partial charge >= 0.3 is 0 Å². The van der Waals surface area contributed by atoms with E-state index in [1.54, 1.807) is 0 Å². The summed E-state index contributed by atoms with van der Waals surface area (Å²) in [5.41, 5.74) is 7.23. The van der Waals surface area contributed by atoms with Crippen molar-refractivity contribution < 1.29 is 4.74 Å². The van der Waals surface area contributed by atoms with Crippen LogP contribution < -0.4 is 10.5 Å². The van der Waals surface area contributed by atoms with E-state index in [9.17, 15) is 0 Å². The molecule has 0 amide bonds. The number of hydrogen-bond donors (Lipinski definition) is 1. The summed E-state index contributed by atoms with van der Waals surface area (Å²) in [5, 5.41) is 0. The van der Waals surface area contributed by atoms with Gasteiger partial charge in [-0.1, -0.05) is 12.1 Å². The molecule has 0 bridgehead atoms. The summed E-state index contributed by atoms with van der Waals surface area (Å²) in [6, 6.07) is 8.49. The molecule has 0 aliphatic heterocycles. The van der Waals surface area contributed by atoms with Gasteiger partial charge < -0.3 is 10.5 Å². The fraction of sp³-hybridized carbons (Fsp3) is 0.538. The van der Waals surface area contributed by atoms with E-state index in [0.29, 0.717) is 6.04 Å². The third-order valence-corrected chi connectivity index (χ3v) is 2.94. The van der Waals surface area contributed by atoms with E-state index >= 15 is 0 Å². The minimum absolute atomic E-state index is 0.342. The molecule has 0 aromatic heterocycles. The van der Waals surface area contributed by atoms with Crippen LogP contribution in [0.2, 0.25) is 0 Å². The van der Waals surface area contributed by atoms with Crippen LogP contribution in [0.3, 0.4) is 0 Å². The van der Waals surface area contributed by atoms with E-state index in [1.807, 2.05) is 12.1 Å². The predicted molar refractivity (Wildman–Crippen MR) is 62.0 cm³/mol. The molecule has 1 unspecified atom stereocenters. The molecular formula is C13H19NO. The van der Waals surface area contributed by atoms with Gasteiger partial charge in [0.1, 0.15) is 5.75 Å². The van der Waals surface area contributed by atoms with E-state index in [1.165, 1.54) is 18.4 Å². The monoisotopic (exact) mass is 205 g/mol. The van der Waals surface area contributed by atoms with Gasteiger partial charge in [0.25, 0.3) is 0 Å². The molecule has 1 aromatic carbocycles. The largest absolute Gasteiger partial charge is 0.494 e. The summed E-state index contributed by atoms with van der Waals surface area (Å²) < 4.78 is 5.66. The number of aryl methyl sites for hydroxylation is 1. The van der Waals surface area contributed by atoms with Crippen LogP contribution in [0.15, 0.2) is 24.3 Å². The van der Waals surface area contributed by atoms with Crippen molar-refractivity contribution >= 4 is 0 Å². The van der Waals surface area contributed by atoms with Crippen molar-refractivity contribution in [1.82, 2.24) is 0 Å². The number of hydrogen-bond acceptors (Lipinski definition) is 2. The van der Waals surface area contributed by atoms with Crippen LogP contribution in [0.5, 0.6) is 5.75 Å².